The Hall–Kier alpha value is -3.27. The Morgan fingerprint density at radius 2 is 2.43 bits per heavy atom. The van der Waals surface area contributed by atoms with Gasteiger partial charge in [-0.25, -0.2) is 0 Å². The van der Waals surface area contributed by atoms with Crippen LogP contribution in [0.1, 0.15) is 37.0 Å². The summed E-state index contributed by atoms with van der Waals surface area (Å²) in [5.74, 6) is -0.451. The standard InChI is InChI=1S/C18H23N9O/c1-2-27-14-6-5-12(8-11(14)9-21-27)22-17-15(16(19)28)25-26-18(24-17)23-13-4-3-7-20-10-13/h5-6,8-9,13,20H,2-4,7,10H2,1H3,(H2,19,28)(H2,22,23,24,26)/t13-/m0/s1/i1D3,2D2. The number of rotatable bonds is 6. The fourth-order valence-corrected chi connectivity index (χ4v) is 3.13. The minimum Gasteiger partial charge on any atom is -0.364 e. The zero-order valence-corrected chi connectivity index (χ0v) is 14.9. The molecule has 4 rings (SSSR count). The summed E-state index contributed by atoms with van der Waals surface area (Å²) in [6.45, 7) is -3.87. The Morgan fingerprint density at radius 1 is 1.50 bits per heavy atom. The first-order chi connectivity index (χ1) is 15.6. The molecular formula is C18H23N9O. The summed E-state index contributed by atoms with van der Waals surface area (Å²) in [6, 6.07) is 4.86. The van der Waals surface area contributed by atoms with Crippen LogP contribution in [0.15, 0.2) is 24.4 Å². The predicted molar refractivity (Wildman–Crippen MR) is 107 cm³/mol. The van der Waals surface area contributed by atoms with Crippen molar-refractivity contribution in [1.29, 1.82) is 0 Å². The number of amides is 1. The summed E-state index contributed by atoms with van der Waals surface area (Å²) in [7, 11) is 0. The number of benzene rings is 1. The Morgan fingerprint density at radius 3 is 3.21 bits per heavy atom. The Balaban J connectivity index is 1.63. The van der Waals surface area contributed by atoms with Crippen LogP contribution in [0.3, 0.4) is 0 Å². The van der Waals surface area contributed by atoms with Crippen LogP contribution in [0.5, 0.6) is 0 Å². The monoisotopic (exact) mass is 386 g/mol. The van der Waals surface area contributed by atoms with Crippen molar-refractivity contribution in [3.05, 3.63) is 30.1 Å². The third kappa shape index (κ3) is 3.72. The van der Waals surface area contributed by atoms with E-state index in [1.165, 1.54) is 12.3 Å². The van der Waals surface area contributed by atoms with Gasteiger partial charge in [-0.15, -0.1) is 10.2 Å². The highest BCUT2D eigenvalue weighted by Crippen LogP contribution is 2.23. The zero-order chi connectivity index (χ0) is 23.8. The van der Waals surface area contributed by atoms with E-state index in [-0.39, 0.29) is 23.5 Å². The van der Waals surface area contributed by atoms with E-state index in [9.17, 15) is 4.79 Å². The SMILES string of the molecule is [2H]C([2H])([2H])C([2H])([2H])n1ncc2cc(Nc3nc(N[C@H]4CCCNC4)nnc3C(N)=O)ccc21. The fraction of sp³-hybridized carbons (Fsp3) is 0.389. The van der Waals surface area contributed by atoms with Crippen LogP contribution in [-0.4, -0.2) is 50.0 Å². The summed E-state index contributed by atoms with van der Waals surface area (Å²) >= 11 is 0. The van der Waals surface area contributed by atoms with Crippen molar-refractivity contribution in [2.45, 2.75) is 32.2 Å². The normalized spacial score (nSPS) is 20.4. The Labute approximate surface area is 168 Å². The number of aryl methyl sites for hydroxylation is 1. The van der Waals surface area contributed by atoms with Gasteiger partial charge in [0.25, 0.3) is 5.91 Å². The van der Waals surface area contributed by atoms with Crippen LogP contribution in [-0.2, 0) is 6.50 Å². The molecule has 1 atom stereocenters. The van der Waals surface area contributed by atoms with Gasteiger partial charge in [-0.3, -0.25) is 9.48 Å². The molecule has 1 saturated heterocycles. The number of nitrogens with one attached hydrogen (secondary N) is 3. The van der Waals surface area contributed by atoms with Gasteiger partial charge in [-0.2, -0.15) is 10.1 Å². The second-order valence-electron chi connectivity index (χ2n) is 6.45. The van der Waals surface area contributed by atoms with Gasteiger partial charge in [-0.05, 0) is 44.4 Å². The molecule has 1 aromatic carbocycles. The van der Waals surface area contributed by atoms with E-state index >= 15 is 0 Å². The second-order valence-corrected chi connectivity index (χ2v) is 6.45. The van der Waals surface area contributed by atoms with Gasteiger partial charge in [0.2, 0.25) is 5.95 Å². The Kier molecular flexibility index (Phi) is 3.61. The van der Waals surface area contributed by atoms with Crippen LogP contribution >= 0.6 is 0 Å². The number of hydrogen-bond acceptors (Lipinski definition) is 8. The lowest BCUT2D eigenvalue weighted by Crippen LogP contribution is -2.39. The molecule has 0 saturated carbocycles. The van der Waals surface area contributed by atoms with Crippen molar-refractivity contribution in [2.24, 2.45) is 5.73 Å². The molecule has 1 aliphatic rings. The number of piperidine rings is 1. The van der Waals surface area contributed by atoms with Crippen molar-refractivity contribution in [3.8, 4) is 0 Å². The highest BCUT2D eigenvalue weighted by Gasteiger charge is 2.18. The first-order valence-electron chi connectivity index (χ1n) is 11.3. The van der Waals surface area contributed by atoms with E-state index in [1.807, 2.05) is 0 Å². The minimum absolute atomic E-state index is 0.105. The molecule has 0 spiro atoms. The molecule has 146 valence electrons. The zero-order valence-electron chi connectivity index (χ0n) is 19.9. The lowest BCUT2D eigenvalue weighted by molar-refractivity contribution is 0.0995. The van der Waals surface area contributed by atoms with E-state index in [0.717, 1.165) is 30.6 Å². The van der Waals surface area contributed by atoms with Crippen molar-refractivity contribution >= 4 is 34.3 Å². The van der Waals surface area contributed by atoms with Crippen LogP contribution in [0, 0.1) is 0 Å². The van der Waals surface area contributed by atoms with Gasteiger partial charge in [0.05, 0.1) is 14.5 Å². The highest BCUT2D eigenvalue weighted by atomic mass is 16.1. The number of nitrogens with zero attached hydrogens (tertiary/aromatic N) is 5. The molecule has 0 radical (unpaired) electrons. The molecule has 0 bridgehead atoms. The number of hydrogen-bond donors (Lipinski definition) is 4. The fourth-order valence-electron chi connectivity index (χ4n) is 3.13. The third-order valence-corrected chi connectivity index (χ3v) is 4.49. The topological polar surface area (TPSA) is 136 Å². The quantitative estimate of drug-likeness (QED) is 0.497. The van der Waals surface area contributed by atoms with E-state index in [2.05, 4.69) is 36.2 Å². The largest absolute Gasteiger partial charge is 0.364 e. The molecule has 2 aromatic heterocycles. The molecule has 3 heterocycles. The van der Waals surface area contributed by atoms with E-state index in [0.29, 0.717) is 16.6 Å². The maximum Gasteiger partial charge on any atom is 0.273 e. The van der Waals surface area contributed by atoms with Gasteiger partial charge < -0.3 is 21.7 Å². The summed E-state index contributed by atoms with van der Waals surface area (Å²) in [4.78, 5) is 16.2. The van der Waals surface area contributed by atoms with Crippen LogP contribution in [0.2, 0.25) is 0 Å². The molecular weight excluding hydrogens is 358 g/mol. The number of aromatic nitrogens is 5. The number of nitrogens with two attached hydrogens (primary N) is 1. The van der Waals surface area contributed by atoms with Crippen molar-refractivity contribution in [2.75, 3.05) is 23.7 Å². The maximum absolute atomic E-state index is 11.8. The first kappa shape index (κ1) is 13.0. The van der Waals surface area contributed by atoms with E-state index in [4.69, 9.17) is 12.6 Å². The summed E-state index contributed by atoms with van der Waals surface area (Å²) in [5.41, 5.74) is 6.07. The molecule has 1 fully saturated rings. The molecule has 5 N–H and O–H groups in total. The van der Waals surface area contributed by atoms with Gasteiger partial charge in [-0.1, -0.05) is 0 Å². The smallest absolute Gasteiger partial charge is 0.273 e. The molecule has 28 heavy (non-hydrogen) atoms. The van der Waals surface area contributed by atoms with Crippen molar-refractivity contribution in [3.63, 3.8) is 0 Å². The molecule has 1 amide bonds. The number of carbonyl (C=O) groups is 1. The van der Waals surface area contributed by atoms with Gasteiger partial charge in [0.15, 0.2) is 11.5 Å². The van der Waals surface area contributed by atoms with Crippen LogP contribution in [0.25, 0.3) is 10.9 Å². The number of primary amides is 1. The lowest BCUT2D eigenvalue weighted by atomic mass is 10.1. The molecule has 3 aromatic rings. The van der Waals surface area contributed by atoms with Gasteiger partial charge in [0, 0.05) is 34.3 Å². The number of carbonyl (C=O) groups excluding carboxylic acids is 1. The summed E-state index contributed by atoms with van der Waals surface area (Å²) in [5, 5.41) is 21.7. The van der Waals surface area contributed by atoms with Gasteiger partial charge in [0.1, 0.15) is 0 Å². The van der Waals surface area contributed by atoms with E-state index in [1.54, 1.807) is 12.1 Å². The lowest BCUT2D eigenvalue weighted by Gasteiger charge is -2.23. The maximum atomic E-state index is 11.8. The molecule has 1 aliphatic heterocycles. The summed E-state index contributed by atoms with van der Waals surface area (Å²) < 4.78 is 39.1. The molecule has 0 aliphatic carbocycles. The molecule has 10 nitrogen and oxygen atoms in total. The number of fused-ring (bicyclic) bond motifs is 1. The molecule has 10 heteroatoms. The van der Waals surface area contributed by atoms with E-state index < -0.39 is 19.3 Å². The minimum atomic E-state index is -2.90. The third-order valence-electron chi connectivity index (χ3n) is 4.49. The van der Waals surface area contributed by atoms with Crippen molar-refractivity contribution in [1.82, 2.24) is 30.3 Å². The second kappa shape index (κ2) is 7.77. The summed E-state index contributed by atoms with van der Waals surface area (Å²) in [6.07, 6.45) is 3.32. The molecule has 0 unspecified atom stereocenters. The Bertz CT molecular complexity index is 1170. The predicted octanol–water partition coefficient (Wildman–Crippen LogP) is 1.25. The van der Waals surface area contributed by atoms with Gasteiger partial charge >= 0.3 is 0 Å². The van der Waals surface area contributed by atoms with Crippen molar-refractivity contribution < 1.29 is 11.6 Å². The van der Waals surface area contributed by atoms with Crippen LogP contribution in [0.4, 0.5) is 17.5 Å². The first-order valence-corrected chi connectivity index (χ1v) is 8.83. The highest BCUT2D eigenvalue weighted by molar-refractivity contribution is 5.96. The number of anilines is 3. The average molecular weight is 386 g/mol. The van der Waals surface area contributed by atoms with Crippen LogP contribution < -0.4 is 21.7 Å². The average Bonchev–Trinajstić information content (AvgIpc) is 3.17.